The van der Waals surface area contributed by atoms with E-state index in [0.29, 0.717) is 31.3 Å². The first-order chi connectivity index (χ1) is 12.1. The highest BCUT2D eigenvalue weighted by Gasteiger charge is 2.27. The molecule has 132 valence electrons. The molecule has 1 aliphatic heterocycles. The summed E-state index contributed by atoms with van der Waals surface area (Å²) >= 11 is 0. The normalized spacial score (nSPS) is 20.1. The Hall–Kier alpha value is -2.51. The predicted octanol–water partition coefficient (Wildman–Crippen LogP) is 2.01. The summed E-state index contributed by atoms with van der Waals surface area (Å²) in [6.07, 6.45) is 1.46. The molecule has 3 rings (SSSR count). The standard InChI is InChI=1S/C18H20FN3O3/c1-12-17(20-7-8-24-12)18(23)22-11-13-5-6-16(21-10-13)25-15-4-2-3-14(19)9-15/h2-6,9-10,12,17,20H,7-8,11H2,1H3,(H,22,23)/t12-,17+/m1/s1. The van der Waals surface area contributed by atoms with Crippen LogP contribution in [0.25, 0.3) is 0 Å². The molecule has 25 heavy (non-hydrogen) atoms. The monoisotopic (exact) mass is 345 g/mol. The number of nitrogens with one attached hydrogen (secondary N) is 2. The molecule has 2 aromatic rings. The zero-order valence-electron chi connectivity index (χ0n) is 13.9. The van der Waals surface area contributed by atoms with Crippen molar-refractivity contribution < 1.29 is 18.7 Å². The molecule has 1 aromatic heterocycles. The molecule has 6 nitrogen and oxygen atoms in total. The van der Waals surface area contributed by atoms with Crippen LogP contribution in [0.1, 0.15) is 12.5 Å². The Bertz CT molecular complexity index is 724. The molecule has 7 heteroatoms. The number of hydrogen-bond donors (Lipinski definition) is 2. The number of carbonyl (C=O) groups excluding carboxylic acids is 1. The average Bonchev–Trinajstić information content (AvgIpc) is 2.61. The summed E-state index contributed by atoms with van der Waals surface area (Å²) in [5.41, 5.74) is 0.837. The van der Waals surface area contributed by atoms with Crippen molar-refractivity contribution in [2.75, 3.05) is 13.2 Å². The number of rotatable bonds is 5. The zero-order chi connectivity index (χ0) is 17.6. The second-order valence-electron chi connectivity index (χ2n) is 5.79. The second kappa shape index (κ2) is 8.04. The van der Waals surface area contributed by atoms with Crippen LogP contribution in [0.5, 0.6) is 11.6 Å². The Morgan fingerprint density at radius 1 is 1.44 bits per heavy atom. The van der Waals surface area contributed by atoms with Crippen LogP contribution in [0.2, 0.25) is 0 Å². The molecule has 1 amide bonds. The first-order valence-corrected chi connectivity index (χ1v) is 8.13. The third kappa shape index (κ3) is 4.74. The van der Waals surface area contributed by atoms with E-state index in [1.54, 1.807) is 30.5 Å². The minimum atomic E-state index is -0.369. The topological polar surface area (TPSA) is 72.5 Å². The van der Waals surface area contributed by atoms with Gasteiger partial charge < -0.3 is 20.1 Å². The van der Waals surface area contributed by atoms with Gasteiger partial charge in [0.2, 0.25) is 11.8 Å². The highest BCUT2D eigenvalue weighted by atomic mass is 19.1. The van der Waals surface area contributed by atoms with E-state index in [0.717, 1.165) is 5.56 Å². The number of hydrogen-bond acceptors (Lipinski definition) is 5. The molecular formula is C18H20FN3O3. The van der Waals surface area contributed by atoms with E-state index in [1.807, 2.05) is 6.92 Å². The second-order valence-corrected chi connectivity index (χ2v) is 5.79. The van der Waals surface area contributed by atoms with Gasteiger partial charge in [0.25, 0.3) is 0 Å². The Morgan fingerprint density at radius 3 is 3.04 bits per heavy atom. The van der Waals surface area contributed by atoms with Crippen molar-refractivity contribution in [3.05, 3.63) is 54.0 Å². The van der Waals surface area contributed by atoms with E-state index in [1.165, 1.54) is 12.1 Å². The summed E-state index contributed by atoms with van der Waals surface area (Å²) < 4.78 is 24.1. The maximum Gasteiger partial charge on any atom is 0.240 e. The van der Waals surface area contributed by atoms with E-state index in [-0.39, 0.29) is 23.9 Å². The quantitative estimate of drug-likeness (QED) is 0.867. The van der Waals surface area contributed by atoms with Crippen molar-refractivity contribution in [3.8, 4) is 11.6 Å². The van der Waals surface area contributed by atoms with E-state index >= 15 is 0 Å². The number of aromatic nitrogens is 1. The lowest BCUT2D eigenvalue weighted by atomic mass is 10.1. The van der Waals surface area contributed by atoms with Gasteiger partial charge >= 0.3 is 0 Å². The molecule has 1 fully saturated rings. The van der Waals surface area contributed by atoms with Crippen LogP contribution >= 0.6 is 0 Å². The summed E-state index contributed by atoms with van der Waals surface area (Å²) in [4.78, 5) is 16.4. The maximum atomic E-state index is 13.1. The molecule has 0 unspecified atom stereocenters. The number of carbonyl (C=O) groups is 1. The highest BCUT2D eigenvalue weighted by molar-refractivity contribution is 5.82. The number of amides is 1. The third-order valence-electron chi connectivity index (χ3n) is 3.88. The third-order valence-corrected chi connectivity index (χ3v) is 3.88. The van der Waals surface area contributed by atoms with Crippen LogP contribution < -0.4 is 15.4 Å². The van der Waals surface area contributed by atoms with Gasteiger partial charge in [0, 0.05) is 31.4 Å². The fraction of sp³-hybridized carbons (Fsp3) is 0.333. The molecule has 0 bridgehead atoms. The van der Waals surface area contributed by atoms with E-state index in [4.69, 9.17) is 9.47 Å². The molecule has 1 aliphatic rings. The lowest BCUT2D eigenvalue weighted by Gasteiger charge is -2.29. The number of pyridine rings is 1. The predicted molar refractivity (Wildman–Crippen MR) is 89.8 cm³/mol. The molecule has 2 atom stereocenters. The summed E-state index contributed by atoms with van der Waals surface area (Å²) in [6, 6.07) is 8.98. The van der Waals surface area contributed by atoms with Gasteiger partial charge in [0.15, 0.2) is 0 Å². The fourth-order valence-corrected chi connectivity index (χ4v) is 2.55. The van der Waals surface area contributed by atoms with Crippen LogP contribution in [0.15, 0.2) is 42.6 Å². The van der Waals surface area contributed by atoms with Crippen molar-refractivity contribution >= 4 is 5.91 Å². The molecule has 2 heterocycles. The van der Waals surface area contributed by atoms with Gasteiger partial charge in [-0.05, 0) is 24.6 Å². The summed E-state index contributed by atoms with van der Waals surface area (Å²) in [5, 5.41) is 6.01. The Labute approximate surface area is 145 Å². The van der Waals surface area contributed by atoms with Crippen LogP contribution in [0.3, 0.4) is 0 Å². The number of benzene rings is 1. The van der Waals surface area contributed by atoms with E-state index in [9.17, 15) is 9.18 Å². The summed E-state index contributed by atoms with van der Waals surface area (Å²) in [6.45, 7) is 3.51. The molecule has 0 spiro atoms. The molecular weight excluding hydrogens is 325 g/mol. The van der Waals surface area contributed by atoms with Gasteiger partial charge in [-0.15, -0.1) is 0 Å². The van der Waals surface area contributed by atoms with Crippen molar-refractivity contribution in [2.24, 2.45) is 0 Å². The van der Waals surface area contributed by atoms with Gasteiger partial charge in [-0.2, -0.15) is 0 Å². The first kappa shape index (κ1) is 17.3. The highest BCUT2D eigenvalue weighted by Crippen LogP contribution is 2.20. The van der Waals surface area contributed by atoms with Gasteiger partial charge in [-0.25, -0.2) is 9.37 Å². The Balaban J connectivity index is 1.53. The molecule has 1 aromatic carbocycles. The van der Waals surface area contributed by atoms with E-state index < -0.39 is 0 Å². The SMILES string of the molecule is C[C@H]1OCCN[C@@H]1C(=O)NCc1ccc(Oc2cccc(F)c2)nc1. The lowest BCUT2D eigenvalue weighted by Crippen LogP contribution is -2.55. The molecule has 2 N–H and O–H groups in total. The van der Waals surface area contributed by atoms with Crippen LogP contribution in [0.4, 0.5) is 4.39 Å². The molecule has 0 radical (unpaired) electrons. The number of halogens is 1. The Morgan fingerprint density at radius 2 is 2.32 bits per heavy atom. The summed E-state index contributed by atoms with van der Waals surface area (Å²) in [7, 11) is 0. The average molecular weight is 345 g/mol. The van der Waals surface area contributed by atoms with E-state index in [2.05, 4.69) is 15.6 Å². The largest absolute Gasteiger partial charge is 0.439 e. The first-order valence-electron chi connectivity index (χ1n) is 8.13. The van der Waals surface area contributed by atoms with Crippen molar-refractivity contribution in [1.29, 1.82) is 0 Å². The minimum Gasteiger partial charge on any atom is -0.439 e. The van der Waals surface area contributed by atoms with Crippen LogP contribution in [0, 0.1) is 5.82 Å². The maximum absolute atomic E-state index is 13.1. The van der Waals surface area contributed by atoms with Crippen LogP contribution in [-0.2, 0) is 16.1 Å². The molecule has 0 saturated carbocycles. The van der Waals surface area contributed by atoms with Crippen LogP contribution in [-0.4, -0.2) is 36.2 Å². The lowest BCUT2D eigenvalue weighted by molar-refractivity contribution is -0.129. The van der Waals surface area contributed by atoms with Gasteiger partial charge in [0.05, 0.1) is 12.7 Å². The summed E-state index contributed by atoms with van der Waals surface area (Å²) in [5.74, 6) is 0.265. The molecule has 0 aliphatic carbocycles. The fourth-order valence-electron chi connectivity index (χ4n) is 2.55. The molecule has 1 saturated heterocycles. The number of nitrogens with zero attached hydrogens (tertiary/aromatic N) is 1. The smallest absolute Gasteiger partial charge is 0.240 e. The van der Waals surface area contributed by atoms with Crippen molar-refractivity contribution in [2.45, 2.75) is 25.6 Å². The number of ether oxygens (including phenoxy) is 2. The van der Waals surface area contributed by atoms with Gasteiger partial charge in [-0.3, -0.25) is 4.79 Å². The van der Waals surface area contributed by atoms with Gasteiger partial charge in [0.1, 0.15) is 17.6 Å². The van der Waals surface area contributed by atoms with Gasteiger partial charge in [-0.1, -0.05) is 12.1 Å². The minimum absolute atomic E-state index is 0.104. The zero-order valence-corrected chi connectivity index (χ0v) is 13.9. The Kier molecular flexibility index (Phi) is 5.57. The number of morpholine rings is 1. The van der Waals surface area contributed by atoms with Crippen molar-refractivity contribution in [3.63, 3.8) is 0 Å². The van der Waals surface area contributed by atoms with Crippen molar-refractivity contribution in [1.82, 2.24) is 15.6 Å².